The second kappa shape index (κ2) is 5.62. The van der Waals surface area contributed by atoms with Crippen molar-refractivity contribution in [2.75, 3.05) is 26.3 Å². The summed E-state index contributed by atoms with van der Waals surface area (Å²) in [7, 11) is 0. The molecule has 6 heteroatoms. The van der Waals surface area contributed by atoms with E-state index in [0.29, 0.717) is 43.1 Å². The lowest BCUT2D eigenvalue weighted by Crippen LogP contribution is -2.39. The highest BCUT2D eigenvalue weighted by atomic mass is 16.5. The van der Waals surface area contributed by atoms with Gasteiger partial charge in [-0.05, 0) is 6.92 Å². The van der Waals surface area contributed by atoms with Crippen LogP contribution in [0, 0.1) is 6.92 Å². The van der Waals surface area contributed by atoms with Gasteiger partial charge >= 0.3 is 0 Å². The lowest BCUT2D eigenvalue weighted by molar-refractivity contribution is -0.0619. The second-order valence-corrected chi connectivity index (χ2v) is 4.31. The second-order valence-electron chi connectivity index (χ2n) is 4.31. The van der Waals surface area contributed by atoms with Gasteiger partial charge in [0.2, 0.25) is 0 Å². The lowest BCUT2D eigenvalue weighted by atomic mass is 10.1. The van der Waals surface area contributed by atoms with Gasteiger partial charge in [-0.3, -0.25) is 9.88 Å². The van der Waals surface area contributed by atoms with Gasteiger partial charge in [0.05, 0.1) is 25.5 Å². The first-order valence-electron chi connectivity index (χ1n) is 5.93. The molecule has 1 saturated heterocycles. The van der Waals surface area contributed by atoms with Crippen LogP contribution in [-0.2, 0) is 11.3 Å². The monoisotopic (exact) mass is 254 g/mol. The summed E-state index contributed by atoms with van der Waals surface area (Å²) in [5, 5.41) is 29.6. The first-order valence-corrected chi connectivity index (χ1v) is 5.93. The molecule has 0 aromatic carbocycles. The normalized spacial score (nSPS) is 18.8. The Balaban J connectivity index is 2.32. The number of aliphatic hydroxyl groups is 2. The molecule has 0 radical (unpaired) electrons. The quantitative estimate of drug-likeness (QED) is 0.699. The molecule has 0 spiro atoms. The largest absolute Gasteiger partial charge is 0.506 e. The third-order valence-electron chi connectivity index (χ3n) is 3.18. The molecule has 1 aromatic heterocycles. The van der Waals surface area contributed by atoms with Gasteiger partial charge in [0.1, 0.15) is 12.0 Å². The summed E-state index contributed by atoms with van der Waals surface area (Å²) in [4.78, 5) is 5.78. The van der Waals surface area contributed by atoms with E-state index in [1.807, 2.05) is 0 Å². The summed E-state index contributed by atoms with van der Waals surface area (Å²) in [5.74, 6) is -0.0551. The molecule has 100 valence electrons. The summed E-state index contributed by atoms with van der Waals surface area (Å²) in [6, 6.07) is 0. The van der Waals surface area contributed by atoms with Crippen LogP contribution in [0.15, 0.2) is 6.20 Å². The van der Waals surface area contributed by atoms with Gasteiger partial charge in [0, 0.05) is 30.4 Å². The van der Waals surface area contributed by atoms with E-state index in [4.69, 9.17) is 4.74 Å². The fourth-order valence-electron chi connectivity index (χ4n) is 2.07. The van der Waals surface area contributed by atoms with E-state index in [-0.39, 0.29) is 12.4 Å². The van der Waals surface area contributed by atoms with Crippen LogP contribution in [0.5, 0.6) is 5.75 Å². The maximum absolute atomic E-state index is 10.3. The van der Waals surface area contributed by atoms with Crippen LogP contribution in [0.4, 0.5) is 0 Å². The number of aromatic nitrogens is 1. The van der Waals surface area contributed by atoms with Crippen LogP contribution in [0.25, 0.3) is 0 Å². The molecule has 1 aromatic rings. The molecular weight excluding hydrogens is 236 g/mol. The molecule has 0 aliphatic carbocycles. The summed E-state index contributed by atoms with van der Waals surface area (Å²) >= 11 is 0. The van der Waals surface area contributed by atoms with Crippen molar-refractivity contribution < 1.29 is 20.1 Å². The maximum Gasteiger partial charge on any atom is 0.144 e. The molecule has 0 bridgehead atoms. The number of hydrogen-bond acceptors (Lipinski definition) is 6. The first-order chi connectivity index (χ1) is 8.65. The number of pyridine rings is 1. The Bertz CT molecular complexity index is 419. The van der Waals surface area contributed by atoms with E-state index in [1.165, 1.54) is 6.20 Å². The van der Waals surface area contributed by atoms with E-state index in [1.54, 1.807) is 11.8 Å². The molecular formula is C12H18N2O4. The van der Waals surface area contributed by atoms with E-state index in [0.717, 1.165) is 0 Å². The van der Waals surface area contributed by atoms with Crippen molar-refractivity contribution in [3.63, 3.8) is 0 Å². The van der Waals surface area contributed by atoms with Gasteiger partial charge in [-0.15, -0.1) is 0 Å². The van der Waals surface area contributed by atoms with Gasteiger partial charge in [-0.2, -0.15) is 0 Å². The number of ether oxygens (including phenoxy) is 1. The Morgan fingerprint density at radius 1 is 1.44 bits per heavy atom. The van der Waals surface area contributed by atoms with Crippen molar-refractivity contribution in [1.82, 2.24) is 9.88 Å². The average molecular weight is 254 g/mol. The zero-order chi connectivity index (χ0) is 13.1. The lowest BCUT2D eigenvalue weighted by Gasteiger charge is -2.32. The van der Waals surface area contributed by atoms with Crippen molar-refractivity contribution in [2.24, 2.45) is 0 Å². The van der Waals surface area contributed by atoms with Crippen molar-refractivity contribution in [3.8, 4) is 5.75 Å². The number of rotatable bonds is 3. The van der Waals surface area contributed by atoms with Crippen molar-refractivity contribution >= 4 is 0 Å². The number of aryl methyl sites for hydroxylation is 1. The highest BCUT2D eigenvalue weighted by molar-refractivity contribution is 5.41. The first kappa shape index (κ1) is 13.2. The minimum atomic E-state index is -0.947. The number of aliphatic hydroxyl groups excluding tert-OH is 2. The number of nitrogens with zero attached hydrogens (tertiary/aromatic N) is 2. The predicted molar refractivity (Wildman–Crippen MR) is 63.9 cm³/mol. The summed E-state index contributed by atoms with van der Waals surface area (Å²) < 4.78 is 5.22. The van der Waals surface area contributed by atoms with E-state index in [9.17, 15) is 15.3 Å². The molecule has 1 fully saturated rings. The van der Waals surface area contributed by atoms with E-state index >= 15 is 0 Å². The fraction of sp³-hybridized carbons (Fsp3) is 0.583. The molecule has 3 N–H and O–H groups in total. The van der Waals surface area contributed by atoms with Crippen LogP contribution in [-0.4, -0.2) is 51.5 Å². The minimum Gasteiger partial charge on any atom is -0.506 e. The highest BCUT2D eigenvalue weighted by Crippen LogP contribution is 2.32. The zero-order valence-electron chi connectivity index (χ0n) is 10.3. The van der Waals surface area contributed by atoms with Crippen LogP contribution in [0.3, 0.4) is 0 Å². The summed E-state index contributed by atoms with van der Waals surface area (Å²) in [6.45, 7) is 3.68. The Hall–Kier alpha value is -1.21. The average Bonchev–Trinajstić information content (AvgIpc) is 2.42. The molecule has 1 aliphatic heterocycles. The van der Waals surface area contributed by atoms with Crippen molar-refractivity contribution in [2.45, 2.75) is 19.8 Å². The summed E-state index contributed by atoms with van der Waals surface area (Å²) in [6.07, 6.45) is 0.534. The molecule has 1 unspecified atom stereocenters. The SMILES string of the molecule is Cc1ncc(CO)c(C(O)N2CCOCC2)c1O. The van der Waals surface area contributed by atoms with Crippen LogP contribution < -0.4 is 0 Å². The molecule has 1 aliphatic rings. The zero-order valence-corrected chi connectivity index (χ0v) is 10.3. The summed E-state index contributed by atoms with van der Waals surface area (Å²) in [5.41, 5.74) is 1.22. The Morgan fingerprint density at radius 2 is 2.11 bits per heavy atom. The van der Waals surface area contributed by atoms with Gasteiger partial charge in [0.15, 0.2) is 0 Å². The highest BCUT2D eigenvalue weighted by Gasteiger charge is 2.26. The number of hydrogen-bond donors (Lipinski definition) is 3. The predicted octanol–water partition coefficient (Wildman–Crippen LogP) is -0.0890. The van der Waals surface area contributed by atoms with Gasteiger partial charge in [-0.25, -0.2) is 0 Å². The van der Waals surface area contributed by atoms with Gasteiger partial charge in [0.25, 0.3) is 0 Å². The molecule has 0 amide bonds. The van der Waals surface area contributed by atoms with Crippen LogP contribution >= 0.6 is 0 Å². The molecule has 1 atom stereocenters. The fourth-order valence-corrected chi connectivity index (χ4v) is 2.07. The van der Waals surface area contributed by atoms with Gasteiger partial charge in [-0.1, -0.05) is 0 Å². The van der Waals surface area contributed by atoms with Crippen molar-refractivity contribution in [1.29, 1.82) is 0 Å². The van der Waals surface area contributed by atoms with E-state index < -0.39 is 6.23 Å². The van der Waals surface area contributed by atoms with Crippen molar-refractivity contribution in [3.05, 3.63) is 23.0 Å². The molecule has 2 rings (SSSR count). The minimum absolute atomic E-state index is 0.0551. The number of morpholine rings is 1. The third kappa shape index (κ3) is 2.46. The molecule has 18 heavy (non-hydrogen) atoms. The standard InChI is InChI=1S/C12H18N2O4/c1-8-11(16)10(9(7-15)6-13-8)12(17)14-2-4-18-5-3-14/h6,12,15-17H,2-5,7H2,1H3. The van der Waals surface area contributed by atoms with Gasteiger partial charge < -0.3 is 20.1 Å². The number of aromatic hydroxyl groups is 1. The Kier molecular flexibility index (Phi) is 4.13. The van der Waals surface area contributed by atoms with Crippen LogP contribution in [0.2, 0.25) is 0 Å². The third-order valence-corrected chi connectivity index (χ3v) is 3.18. The topological polar surface area (TPSA) is 86.1 Å². The Labute approximate surface area is 105 Å². The van der Waals surface area contributed by atoms with E-state index in [2.05, 4.69) is 4.98 Å². The van der Waals surface area contributed by atoms with Crippen LogP contribution in [0.1, 0.15) is 23.0 Å². The Morgan fingerprint density at radius 3 is 2.72 bits per heavy atom. The smallest absolute Gasteiger partial charge is 0.144 e. The molecule has 6 nitrogen and oxygen atoms in total. The molecule has 0 saturated carbocycles. The molecule has 2 heterocycles. The maximum atomic E-state index is 10.3.